The van der Waals surface area contributed by atoms with E-state index in [0.29, 0.717) is 12.4 Å². The van der Waals surface area contributed by atoms with Crippen LogP contribution in [0.25, 0.3) is 0 Å². The molecule has 1 aromatic heterocycles. The van der Waals surface area contributed by atoms with Crippen molar-refractivity contribution in [3.63, 3.8) is 0 Å². The third-order valence-corrected chi connectivity index (χ3v) is 2.35. The second-order valence-electron chi connectivity index (χ2n) is 3.62. The van der Waals surface area contributed by atoms with Crippen molar-refractivity contribution in [2.45, 2.75) is 32.4 Å². The monoisotopic (exact) mass is 209 g/mol. The van der Waals surface area contributed by atoms with Crippen LogP contribution in [0.2, 0.25) is 0 Å². The van der Waals surface area contributed by atoms with E-state index in [0.717, 1.165) is 12.0 Å². The van der Waals surface area contributed by atoms with Crippen molar-refractivity contribution >= 4 is 5.82 Å². The van der Waals surface area contributed by atoms with Gasteiger partial charge < -0.3 is 16.2 Å². The Balaban J connectivity index is 2.54. The molecule has 2 atom stereocenters. The van der Waals surface area contributed by atoms with E-state index in [1.165, 1.54) is 0 Å². The lowest BCUT2D eigenvalue weighted by atomic mass is 10.0. The van der Waals surface area contributed by atoms with Gasteiger partial charge in [-0.2, -0.15) is 0 Å². The van der Waals surface area contributed by atoms with Gasteiger partial charge in [0.1, 0.15) is 5.82 Å². The van der Waals surface area contributed by atoms with Gasteiger partial charge in [0, 0.05) is 18.8 Å². The third-order valence-electron chi connectivity index (χ3n) is 2.35. The van der Waals surface area contributed by atoms with E-state index < -0.39 is 0 Å². The van der Waals surface area contributed by atoms with Gasteiger partial charge >= 0.3 is 0 Å². The SMILES string of the molecule is CCOC(C)C(N)Cc1ccnc(N)c1. The molecule has 0 aliphatic heterocycles. The molecule has 4 heteroatoms. The maximum Gasteiger partial charge on any atom is 0.123 e. The summed E-state index contributed by atoms with van der Waals surface area (Å²) >= 11 is 0. The second kappa shape index (κ2) is 5.68. The predicted molar refractivity (Wildman–Crippen MR) is 61.4 cm³/mol. The lowest BCUT2D eigenvalue weighted by molar-refractivity contribution is 0.0577. The lowest BCUT2D eigenvalue weighted by Crippen LogP contribution is -2.36. The maximum absolute atomic E-state index is 6.00. The molecule has 4 N–H and O–H groups in total. The number of pyridine rings is 1. The highest BCUT2D eigenvalue weighted by atomic mass is 16.5. The minimum atomic E-state index is -0.00764. The summed E-state index contributed by atoms with van der Waals surface area (Å²) in [5, 5.41) is 0. The van der Waals surface area contributed by atoms with E-state index in [9.17, 15) is 0 Å². The van der Waals surface area contributed by atoms with Crippen molar-refractivity contribution in [3.8, 4) is 0 Å². The highest BCUT2D eigenvalue weighted by Gasteiger charge is 2.13. The van der Waals surface area contributed by atoms with Crippen molar-refractivity contribution < 1.29 is 4.74 Å². The summed E-state index contributed by atoms with van der Waals surface area (Å²) in [6, 6.07) is 3.76. The number of nitrogens with two attached hydrogens (primary N) is 2. The molecule has 0 bridgehead atoms. The first-order valence-electron chi connectivity index (χ1n) is 5.21. The van der Waals surface area contributed by atoms with E-state index in [1.54, 1.807) is 6.20 Å². The first kappa shape index (κ1) is 11.9. The molecule has 1 heterocycles. The van der Waals surface area contributed by atoms with E-state index >= 15 is 0 Å². The number of ether oxygens (including phenoxy) is 1. The smallest absolute Gasteiger partial charge is 0.123 e. The predicted octanol–water partition coefficient (Wildman–Crippen LogP) is 0.959. The van der Waals surface area contributed by atoms with Gasteiger partial charge in [0.2, 0.25) is 0 Å². The number of hydrogen-bond acceptors (Lipinski definition) is 4. The van der Waals surface area contributed by atoms with Crippen LogP contribution in [0.4, 0.5) is 5.82 Å². The Bertz CT molecular complexity index is 304. The van der Waals surface area contributed by atoms with Crippen LogP contribution in [-0.4, -0.2) is 23.7 Å². The minimum absolute atomic E-state index is 0.00764. The molecule has 1 aromatic rings. The van der Waals surface area contributed by atoms with E-state index in [4.69, 9.17) is 16.2 Å². The normalized spacial score (nSPS) is 14.9. The van der Waals surface area contributed by atoms with Gasteiger partial charge in [-0.3, -0.25) is 0 Å². The molecule has 0 aliphatic carbocycles. The zero-order valence-corrected chi connectivity index (χ0v) is 9.31. The van der Waals surface area contributed by atoms with Crippen molar-refractivity contribution in [2.75, 3.05) is 12.3 Å². The van der Waals surface area contributed by atoms with Crippen molar-refractivity contribution in [1.29, 1.82) is 0 Å². The molecule has 0 radical (unpaired) electrons. The van der Waals surface area contributed by atoms with Gasteiger partial charge in [-0.1, -0.05) is 0 Å². The fourth-order valence-corrected chi connectivity index (χ4v) is 1.45. The van der Waals surface area contributed by atoms with Crippen LogP contribution < -0.4 is 11.5 Å². The minimum Gasteiger partial charge on any atom is -0.384 e. The molecule has 0 amide bonds. The molecule has 0 saturated carbocycles. The van der Waals surface area contributed by atoms with Crippen LogP contribution in [0.15, 0.2) is 18.3 Å². The zero-order valence-electron chi connectivity index (χ0n) is 9.31. The Kier molecular flexibility index (Phi) is 4.52. The first-order chi connectivity index (χ1) is 7.13. The van der Waals surface area contributed by atoms with E-state index in [2.05, 4.69) is 4.98 Å². The molecule has 15 heavy (non-hydrogen) atoms. The van der Waals surface area contributed by atoms with Crippen LogP contribution >= 0.6 is 0 Å². The highest BCUT2D eigenvalue weighted by molar-refractivity contribution is 5.32. The van der Waals surface area contributed by atoms with Gasteiger partial charge in [-0.05, 0) is 38.0 Å². The Labute approximate surface area is 90.6 Å². The van der Waals surface area contributed by atoms with Gasteiger partial charge in [0.05, 0.1) is 6.10 Å². The molecule has 2 unspecified atom stereocenters. The molecule has 0 aromatic carbocycles. The summed E-state index contributed by atoms with van der Waals surface area (Å²) in [6.45, 7) is 4.64. The van der Waals surface area contributed by atoms with Crippen molar-refractivity contribution in [1.82, 2.24) is 4.98 Å². The summed E-state index contributed by atoms with van der Waals surface area (Å²) in [6.07, 6.45) is 2.51. The number of rotatable bonds is 5. The Morgan fingerprint density at radius 1 is 1.53 bits per heavy atom. The Morgan fingerprint density at radius 3 is 2.87 bits per heavy atom. The fraction of sp³-hybridized carbons (Fsp3) is 0.545. The molecule has 0 aliphatic rings. The summed E-state index contributed by atoms with van der Waals surface area (Å²) in [5.41, 5.74) is 12.7. The molecule has 84 valence electrons. The number of nitrogen functional groups attached to an aromatic ring is 1. The van der Waals surface area contributed by atoms with E-state index in [-0.39, 0.29) is 12.1 Å². The summed E-state index contributed by atoms with van der Waals surface area (Å²) < 4.78 is 5.43. The first-order valence-corrected chi connectivity index (χ1v) is 5.21. The number of hydrogen-bond donors (Lipinski definition) is 2. The number of nitrogens with zero attached hydrogens (tertiary/aromatic N) is 1. The maximum atomic E-state index is 6.00. The summed E-state index contributed by atoms with van der Waals surface area (Å²) in [5.74, 6) is 0.531. The number of aromatic nitrogens is 1. The molecular formula is C11H19N3O. The molecule has 4 nitrogen and oxygen atoms in total. The fourth-order valence-electron chi connectivity index (χ4n) is 1.45. The average Bonchev–Trinajstić information content (AvgIpc) is 2.18. The van der Waals surface area contributed by atoms with Crippen LogP contribution in [0.3, 0.4) is 0 Å². The molecule has 1 rings (SSSR count). The molecular weight excluding hydrogens is 190 g/mol. The standard InChI is InChI=1S/C11H19N3O/c1-3-15-8(2)10(12)6-9-4-5-14-11(13)7-9/h4-5,7-8,10H,3,6,12H2,1-2H3,(H2,13,14). The summed E-state index contributed by atoms with van der Waals surface area (Å²) in [7, 11) is 0. The lowest BCUT2D eigenvalue weighted by Gasteiger charge is -2.19. The van der Waals surface area contributed by atoms with Crippen molar-refractivity contribution in [2.24, 2.45) is 5.73 Å². The van der Waals surface area contributed by atoms with Crippen molar-refractivity contribution in [3.05, 3.63) is 23.9 Å². The quantitative estimate of drug-likeness (QED) is 0.757. The van der Waals surface area contributed by atoms with Gasteiger partial charge in [0.15, 0.2) is 0 Å². The molecule has 0 spiro atoms. The molecule has 0 saturated heterocycles. The third kappa shape index (κ3) is 3.85. The van der Waals surface area contributed by atoms with Crippen LogP contribution in [0.5, 0.6) is 0 Å². The van der Waals surface area contributed by atoms with E-state index in [1.807, 2.05) is 26.0 Å². The Hall–Kier alpha value is -1.13. The average molecular weight is 209 g/mol. The number of anilines is 1. The van der Waals surface area contributed by atoms with Crippen LogP contribution in [-0.2, 0) is 11.2 Å². The van der Waals surface area contributed by atoms with Gasteiger partial charge in [-0.25, -0.2) is 4.98 Å². The van der Waals surface area contributed by atoms with Crippen LogP contribution in [0.1, 0.15) is 19.4 Å². The van der Waals surface area contributed by atoms with Gasteiger partial charge in [-0.15, -0.1) is 0 Å². The highest BCUT2D eigenvalue weighted by Crippen LogP contribution is 2.08. The van der Waals surface area contributed by atoms with Crippen LogP contribution in [0, 0.1) is 0 Å². The Morgan fingerprint density at radius 2 is 2.27 bits per heavy atom. The second-order valence-corrected chi connectivity index (χ2v) is 3.62. The largest absolute Gasteiger partial charge is 0.384 e. The molecule has 0 fully saturated rings. The van der Waals surface area contributed by atoms with Gasteiger partial charge in [0.25, 0.3) is 0 Å². The topological polar surface area (TPSA) is 74.2 Å². The summed E-state index contributed by atoms with van der Waals surface area (Å²) in [4.78, 5) is 3.93. The zero-order chi connectivity index (χ0) is 11.3.